The van der Waals surface area contributed by atoms with Gasteiger partial charge in [-0.25, -0.2) is 13.8 Å². The van der Waals surface area contributed by atoms with Gasteiger partial charge in [0.15, 0.2) is 24.1 Å². The largest absolute Gasteiger partial charge is 0.484 e. The summed E-state index contributed by atoms with van der Waals surface area (Å²) >= 11 is 0. The maximum absolute atomic E-state index is 13.5. The highest BCUT2D eigenvalue weighted by molar-refractivity contribution is 5.78. The number of aromatic amines is 1. The predicted molar refractivity (Wildman–Crippen MR) is 102 cm³/mol. The number of rotatable bonds is 5. The van der Waals surface area contributed by atoms with E-state index in [9.17, 15) is 13.6 Å². The lowest BCUT2D eigenvalue weighted by molar-refractivity contribution is -0.137. The van der Waals surface area contributed by atoms with E-state index < -0.39 is 11.6 Å². The Morgan fingerprint density at radius 2 is 1.97 bits per heavy atom. The summed E-state index contributed by atoms with van der Waals surface area (Å²) < 4.78 is 32.3. The third kappa shape index (κ3) is 4.26. The number of carbonyl (C=O) groups is 1. The van der Waals surface area contributed by atoms with E-state index in [0.717, 1.165) is 31.4 Å². The highest BCUT2D eigenvalue weighted by Gasteiger charge is 2.30. The average Bonchev–Trinajstić information content (AvgIpc) is 3.25. The van der Waals surface area contributed by atoms with Gasteiger partial charge >= 0.3 is 0 Å². The van der Waals surface area contributed by atoms with Gasteiger partial charge in [-0.15, -0.1) is 0 Å². The number of hydrogen-bond donors (Lipinski definition) is 1. The molecule has 0 saturated carbocycles. The fourth-order valence-electron chi connectivity index (χ4n) is 3.45. The van der Waals surface area contributed by atoms with Crippen molar-refractivity contribution >= 4 is 5.91 Å². The highest BCUT2D eigenvalue weighted by atomic mass is 19.2. The van der Waals surface area contributed by atoms with Gasteiger partial charge in [0.2, 0.25) is 0 Å². The van der Waals surface area contributed by atoms with Crippen molar-refractivity contribution in [2.45, 2.75) is 25.3 Å². The number of piperidine rings is 1. The van der Waals surface area contributed by atoms with Gasteiger partial charge < -0.3 is 9.64 Å². The summed E-state index contributed by atoms with van der Waals surface area (Å²) in [6, 6.07) is 12.4. The molecule has 150 valence electrons. The van der Waals surface area contributed by atoms with Crippen LogP contribution < -0.4 is 4.74 Å². The molecular weight excluding hydrogens is 378 g/mol. The first-order valence-corrected chi connectivity index (χ1v) is 9.47. The molecule has 1 atom stereocenters. The Bertz CT molecular complexity index is 993. The number of ether oxygens (including phenoxy) is 1. The van der Waals surface area contributed by atoms with E-state index in [-0.39, 0.29) is 24.4 Å². The van der Waals surface area contributed by atoms with Crippen molar-refractivity contribution in [1.29, 1.82) is 0 Å². The first-order valence-electron chi connectivity index (χ1n) is 9.47. The molecule has 8 heteroatoms. The molecule has 0 spiro atoms. The van der Waals surface area contributed by atoms with Crippen LogP contribution in [-0.2, 0) is 4.79 Å². The zero-order chi connectivity index (χ0) is 20.2. The Balaban J connectivity index is 1.49. The smallest absolute Gasteiger partial charge is 0.261 e. The highest BCUT2D eigenvalue weighted by Crippen LogP contribution is 2.30. The summed E-state index contributed by atoms with van der Waals surface area (Å²) in [5, 5.41) is 6.98. The standard InChI is InChI=1S/C21H20F2N4O2/c22-16-10-9-14(12-17(16)23)20-24-21(26-25-20)18-8-4-5-11-27(18)19(28)13-29-15-6-2-1-3-7-15/h1-3,6-7,9-10,12,18H,4-5,8,11,13H2,(H,24,25,26)/t18-/m1/s1. The van der Waals surface area contributed by atoms with Crippen LogP contribution in [0.3, 0.4) is 0 Å². The summed E-state index contributed by atoms with van der Waals surface area (Å²) in [7, 11) is 0. The quantitative estimate of drug-likeness (QED) is 0.708. The number of H-pyrrole nitrogens is 1. The molecule has 2 heterocycles. The number of amides is 1. The lowest BCUT2D eigenvalue weighted by atomic mass is 10.0. The van der Waals surface area contributed by atoms with E-state index in [0.29, 0.717) is 23.7 Å². The van der Waals surface area contributed by atoms with Crippen LogP contribution in [0, 0.1) is 11.6 Å². The Kier molecular flexibility index (Phi) is 5.50. The number of nitrogens with zero attached hydrogens (tertiary/aromatic N) is 3. The van der Waals surface area contributed by atoms with E-state index >= 15 is 0 Å². The molecule has 1 amide bonds. The number of halogens is 2. The summed E-state index contributed by atoms with van der Waals surface area (Å²) in [6.07, 6.45) is 2.59. The minimum absolute atomic E-state index is 0.0648. The maximum atomic E-state index is 13.5. The van der Waals surface area contributed by atoms with E-state index in [2.05, 4.69) is 15.2 Å². The zero-order valence-corrected chi connectivity index (χ0v) is 15.6. The number of hydrogen-bond acceptors (Lipinski definition) is 4. The number of nitrogens with one attached hydrogen (secondary N) is 1. The molecule has 0 bridgehead atoms. The molecule has 0 radical (unpaired) electrons. The van der Waals surface area contributed by atoms with Crippen LogP contribution in [0.4, 0.5) is 8.78 Å². The minimum atomic E-state index is -0.957. The van der Waals surface area contributed by atoms with Gasteiger partial charge in [0.25, 0.3) is 5.91 Å². The normalized spacial score (nSPS) is 16.6. The van der Waals surface area contributed by atoms with E-state index in [1.165, 1.54) is 6.07 Å². The second-order valence-corrected chi connectivity index (χ2v) is 6.87. The molecule has 6 nitrogen and oxygen atoms in total. The lowest BCUT2D eigenvalue weighted by Gasteiger charge is -2.34. The third-order valence-corrected chi connectivity index (χ3v) is 4.92. The van der Waals surface area contributed by atoms with Gasteiger partial charge in [0.1, 0.15) is 11.6 Å². The summed E-state index contributed by atoms with van der Waals surface area (Å²) in [6.45, 7) is 0.535. The fourth-order valence-corrected chi connectivity index (χ4v) is 3.45. The van der Waals surface area contributed by atoms with Gasteiger partial charge in [0, 0.05) is 12.1 Å². The number of para-hydroxylation sites is 1. The van der Waals surface area contributed by atoms with Crippen molar-refractivity contribution in [2.24, 2.45) is 0 Å². The molecule has 2 aromatic carbocycles. The Morgan fingerprint density at radius 1 is 1.14 bits per heavy atom. The molecule has 0 unspecified atom stereocenters. The maximum Gasteiger partial charge on any atom is 0.261 e. The average molecular weight is 398 g/mol. The summed E-state index contributed by atoms with van der Waals surface area (Å²) in [5.74, 6) is -0.595. The molecular formula is C21H20F2N4O2. The number of aromatic nitrogens is 3. The summed E-state index contributed by atoms with van der Waals surface area (Å²) in [4.78, 5) is 18.9. The second kappa shape index (κ2) is 8.38. The van der Waals surface area contributed by atoms with E-state index in [4.69, 9.17) is 4.74 Å². The molecule has 1 N–H and O–H groups in total. The van der Waals surface area contributed by atoms with Gasteiger partial charge in [0.05, 0.1) is 6.04 Å². The Morgan fingerprint density at radius 3 is 2.76 bits per heavy atom. The van der Waals surface area contributed by atoms with Gasteiger partial charge in [-0.05, 0) is 49.6 Å². The van der Waals surface area contributed by atoms with E-state index in [1.54, 1.807) is 17.0 Å². The van der Waals surface area contributed by atoms with Crippen LogP contribution >= 0.6 is 0 Å². The van der Waals surface area contributed by atoms with Crippen molar-refractivity contribution in [3.63, 3.8) is 0 Å². The molecule has 1 saturated heterocycles. The minimum Gasteiger partial charge on any atom is -0.484 e. The monoisotopic (exact) mass is 398 g/mol. The van der Waals surface area contributed by atoms with Crippen LogP contribution in [-0.4, -0.2) is 39.1 Å². The molecule has 0 aliphatic carbocycles. The van der Waals surface area contributed by atoms with Gasteiger partial charge in [-0.2, -0.15) is 5.10 Å². The molecule has 1 aliphatic heterocycles. The molecule has 1 aromatic heterocycles. The lowest BCUT2D eigenvalue weighted by Crippen LogP contribution is -2.41. The van der Waals surface area contributed by atoms with Crippen LogP contribution in [0.2, 0.25) is 0 Å². The van der Waals surface area contributed by atoms with Crippen LogP contribution in [0.1, 0.15) is 31.1 Å². The Labute approximate surface area is 166 Å². The number of carbonyl (C=O) groups excluding carboxylic acids is 1. The SMILES string of the molecule is O=C(COc1ccccc1)N1CCCC[C@@H]1c1nc(-c2ccc(F)c(F)c2)n[nH]1. The first kappa shape index (κ1) is 19.0. The van der Waals surface area contributed by atoms with Crippen molar-refractivity contribution < 1.29 is 18.3 Å². The second-order valence-electron chi connectivity index (χ2n) is 6.87. The van der Waals surface area contributed by atoms with Gasteiger partial charge in [-0.1, -0.05) is 18.2 Å². The topological polar surface area (TPSA) is 71.1 Å². The molecule has 4 rings (SSSR count). The Hall–Kier alpha value is -3.29. The third-order valence-electron chi connectivity index (χ3n) is 4.92. The summed E-state index contributed by atoms with van der Waals surface area (Å²) in [5.41, 5.74) is 0.368. The first-order chi connectivity index (χ1) is 14.1. The van der Waals surface area contributed by atoms with Crippen molar-refractivity contribution in [1.82, 2.24) is 20.1 Å². The predicted octanol–water partition coefficient (Wildman–Crippen LogP) is 3.88. The van der Waals surface area contributed by atoms with Crippen molar-refractivity contribution in [3.05, 3.63) is 66.0 Å². The molecule has 3 aromatic rings. The molecule has 29 heavy (non-hydrogen) atoms. The number of benzene rings is 2. The van der Waals surface area contributed by atoms with Crippen molar-refractivity contribution in [3.8, 4) is 17.1 Å². The van der Waals surface area contributed by atoms with E-state index in [1.807, 2.05) is 18.2 Å². The van der Waals surface area contributed by atoms with Crippen molar-refractivity contribution in [2.75, 3.05) is 13.2 Å². The van der Waals surface area contributed by atoms with Crippen LogP contribution in [0.5, 0.6) is 5.75 Å². The number of likely N-dealkylation sites (tertiary alicyclic amines) is 1. The van der Waals surface area contributed by atoms with Crippen LogP contribution in [0.15, 0.2) is 48.5 Å². The zero-order valence-electron chi connectivity index (χ0n) is 15.6. The fraction of sp³-hybridized carbons (Fsp3) is 0.286. The van der Waals surface area contributed by atoms with Gasteiger partial charge in [-0.3, -0.25) is 9.89 Å². The molecule has 1 aliphatic rings. The molecule has 1 fully saturated rings. The van der Waals surface area contributed by atoms with Crippen LogP contribution in [0.25, 0.3) is 11.4 Å².